The van der Waals surface area contributed by atoms with Gasteiger partial charge in [0.25, 0.3) is 0 Å². The number of nitrogens with one attached hydrogen (secondary N) is 2. The molecule has 1 fully saturated rings. The Morgan fingerprint density at radius 3 is 3.00 bits per heavy atom. The van der Waals surface area contributed by atoms with Gasteiger partial charge >= 0.3 is 0 Å². The molecule has 8 heteroatoms. The van der Waals surface area contributed by atoms with Gasteiger partial charge in [-0.15, -0.1) is 0 Å². The number of carbonyl (C=O) groups is 1. The molecule has 0 aliphatic carbocycles. The van der Waals surface area contributed by atoms with Crippen molar-refractivity contribution in [1.29, 1.82) is 0 Å². The van der Waals surface area contributed by atoms with Crippen LogP contribution in [0.15, 0.2) is 18.2 Å². The fourth-order valence-corrected chi connectivity index (χ4v) is 3.50. The Kier molecular flexibility index (Phi) is 4.38. The van der Waals surface area contributed by atoms with Crippen molar-refractivity contribution in [1.82, 2.24) is 10.3 Å². The van der Waals surface area contributed by atoms with Gasteiger partial charge in [-0.3, -0.25) is 4.79 Å². The van der Waals surface area contributed by atoms with Gasteiger partial charge in [-0.25, -0.2) is 13.4 Å². The average Bonchev–Trinajstić information content (AvgIpc) is 2.27. The molecule has 2 heterocycles. The predicted molar refractivity (Wildman–Crippen MR) is 72.9 cm³/mol. The molecule has 19 heavy (non-hydrogen) atoms. The summed E-state index contributed by atoms with van der Waals surface area (Å²) in [5, 5.41) is 5.89. The maximum absolute atomic E-state index is 11.8. The second-order valence-corrected chi connectivity index (χ2v) is 6.98. The molecule has 1 amide bonds. The van der Waals surface area contributed by atoms with Gasteiger partial charge in [0.2, 0.25) is 5.91 Å². The molecule has 6 nitrogen and oxygen atoms in total. The summed E-state index contributed by atoms with van der Waals surface area (Å²) in [7, 11) is -3.04. The van der Waals surface area contributed by atoms with Crippen LogP contribution in [0.2, 0.25) is 5.15 Å². The Bertz CT molecular complexity index is 576. The standard InChI is InChI=1S/C11H14ClN3O3S/c12-9-2-1-3-10(14-9)15-11(16)6-8-7-19(17,18)5-4-13-8/h1-3,8,13H,4-7H2,(H,14,15,16). The first-order valence-electron chi connectivity index (χ1n) is 5.81. The highest BCUT2D eigenvalue weighted by Gasteiger charge is 2.25. The van der Waals surface area contributed by atoms with Gasteiger partial charge in [-0.2, -0.15) is 0 Å². The normalized spacial score (nSPS) is 21.8. The minimum Gasteiger partial charge on any atom is -0.311 e. The maximum Gasteiger partial charge on any atom is 0.227 e. The third kappa shape index (κ3) is 4.45. The Morgan fingerprint density at radius 1 is 1.53 bits per heavy atom. The number of nitrogens with zero attached hydrogens (tertiary/aromatic N) is 1. The Balaban J connectivity index is 1.91. The molecular formula is C11H14ClN3O3S. The zero-order valence-electron chi connectivity index (χ0n) is 10.1. The monoisotopic (exact) mass is 303 g/mol. The highest BCUT2D eigenvalue weighted by molar-refractivity contribution is 7.91. The van der Waals surface area contributed by atoms with Gasteiger partial charge in [0, 0.05) is 19.0 Å². The van der Waals surface area contributed by atoms with Crippen LogP contribution in [-0.4, -0.2) is 43.4 Å². The molecule has 0 bridgehead atoms. The van der Waals surface area contributed by atoms with E-state index in [-0.39, 0.29) is 35.0 Å². The molecular weight excluding hydrogens is 290 g/mol. The molecule has 1 unspecified atom stereocenters. The van der Waals surface area contributed by atoms with Crippen LogP contribution in [0, 0.1) is 0 Å². The Hall–Kier alpha value is -1.18. The van der Waals surface area contributed by atoms with E-state index in [0.29, 0.717) is 12.4 Å². The second-order valence-electron chi connectivity index (χ2n) is 4.36. The highest BCUT2D eigenvalue weighted by Crippen LogP contribution is 2.11. The summed E-state index contributed by atoms with van der Waals surface area (Å²) in [4.78, 5) is 15.7. The van der Waals surface area contributed by atoms with Crippen molar-refractivity contribution >= 4 is 33.2 Å². The summed E-state index contributed by atoms with van der Waals surface area (Å²) < 4.78 is 22.9. The number of aromatic nitrogens is 1. The van der Waals surface area contributed by atoms with E-state index < -0.39 is 9.84 Å². The molecule has 0 aromatic carbocycles. The van der Waals surface area contributed by atoms with Gasteiger partial charge in [0.05, 0.1) is 11.5 Å². The van der Waals surface area contributed by atoms with Crippen molar-refractivity contribution in [2.75, 3.05) is 23.4 Å². The molecule has 1 aromatic rings. The Morgan fingerprint density at radius 2 is 2.32 bits per heavy atom. The number of rotatable bonds is 3. The zero-order chi connectivity index (χ0) is 13.9. The maximum atomic E-state index is 11.8. The van der Waals surface area contributed by atoms with E-state index in [2.05, 4.69) is 15.6 Å². The van der Waals surface area contributed by atoms with E-state index in [1.807, 2.05) is 0 Å². The molecule has 1 atom stereocenters. The number of amides is 1. The minimum atomic E-state index is -3.04. The molecule has 104 valence electrons. The predicted octanol–water partition coefficient (Wildman–Crippen LogP) is 0.450. The third-order valence-electron chi connectivity index (χ3n) is 2.72. The molecule has 2 N–H and O–H groups in total. The van der Waals surface area contributed by atoms with Gasteiger partial charge in [0.1, 0.15) is 11.0 Å². The molecule has 0 saturated carbocycles. The topological polar surface area (TPSA) is 88.2 Å². The lowest BCUT2D eigenvalue weighted by molar-refractivity contribution is -0.116. The summed E-state index contributed by atoms with van der Waals surface area (Å²) in [5.74, 6) is 0.185. The van der Waals surface area contributed by atoms with E-state index in [9.17, 15) is 13.2 Å². The number of halogens is 1. The summed E-state index contributed by atoms with van der Waals surface area (Å²) in [6, 6.07) is 4.55. The number of sulfone groups is 1. The number of carbonyl (C=O) groups excluding carboxylic acids is 1. The first-order chi connectivity index (χ1) is 8.94. The Labute approximate surface area is 116 Å². The molecule has 1 saturated heterocycles. The van der Waals surface area contributed by atoms with Crippen LogP contribution in [0.5, 0.6) is 0 Å². The highest BCUT2D eigenvalue weighted by atomic mass is 35.5. The quantitative estimate of drug-likeness (QED) is 0.792. The van der Waals surface area contributed by atoms with Crippen molar-refractivity contribution in [3.05, 3.63) is 23.4 Å². The van der Waals surface area contributed by atoms with Gasteiger partial charge in [0.15, 0.2) is 9.84 Å². The second kappa shape index (κ2) is 5.85. The lowest BCUT2D eigenvalue weighted by atomic mass is 10.2. The van der Waals surface area contributed by atoms with Gasteiger partial charge in [-0.05, 0) is 12.1 Å². The lowest BCUT2D eigenvalue weighted by Gasteiger charge is -2.22. The van der Waals surface area contributed by atoms with Crippen LogP contribution in [0.25, 0.3) is 0 Å². The third-order valence-corrected chi connectivity index (χ3v) is 4.66. The summed E-state index contributed by atoms with van der Waals surface area (Å²) in [5.41, 5.74) is 0. The average molecular weight is 304 g/mol. The van der Waals surface area contributed by atoms with Crippen LogP contribution >= 0.6 is 11.6 Å². The van der Waals surface area contributed by atoms with Crippen molar-refractivity contribution in [3.8, 4) is 0 Å². The van der Waals surface area contributed by atoms with Crippen LogP contribution in [0.4, 0.5) is 5.82 Å². The van der Waals surface area contributed by atoms with Crippen molar-refractivity contribution in [2.24, 2.45) is 0 Å². The molecule has 1 aliphatic rings. The number of anilines is 1. The van der Waals surface area contributed by atoms with Crippen LogP contribution in [-0.2, 0) is 14.6 Å². The van der Waals surface area contributed by atoms with Gasteiger partial charge in [-0.1, -0.05) is 17.7 Å². The fraction of sp³-hybridized carbons (Fsp3) is 0.455. The SMILES string of the molecule is O=C(CC1CS(=O)(=O)CCN1)Nc1cccc(Cl)n1. The first-order valence-corrected chi connectivity index (χ1v) is 8.01. The summed E-state index contributed by atoms with van der Waals surface area (Å²) >= 11 is 5.70. The first kappa shape index (κ1) is 14.2. The molecule has 0 spiro atoms. The smallest absolute Gasteiger partial charge is 0.227 e. The van der Waals surface area contributed by atoms with Crippen LogP contribution < -0.4 is 10.6 Å². The largest absolute Gasteiger partial charge is 0.311 e. The number of pyridine rings is 1. The molecule has 1 aliphatic heterocycles. The number of hydrogen-bond donors (Lipinski definition) is 2. The van der Waals surface area contributed by atoms with Crippen molar-refractivity contribution in [2.45, 2.75) is 12.5 Å². The van der Waals surface area contributed by atoms with Gasteiger partial charge < -0.3 is 10.6 Å². The minimum absolute atomic E-state index is 0.0105. The van der Waals surface area contributed by atoms with Crippen LogP contribution in [0.1, 0.15) is 6.42 Å². The molecule has 1 aromatic heterocycles. The lowest BCUT2D eigenvalue weighted by Crippen LogP contribution is -2.46. The van der Waals surface area contributed by atoms with Crippen LogP contribution in [0.3, 0.4) is 0 Å². The van der Waals surface area contributed by atoms with Crippen molar-refractivity contribution < 1.29 is 13.2 Å². The van der Waals surface area contributed by atoms with E-state index in [1.54, 1.807) is 18.2 Å². The molecule has 2 rings (SSSR count). The molecule has 0 radical (unpaired) electrons. The zero-order valence-corrected chi connectivity index (χ0v) is 11.7. The fourth-order valence-electron chi connectivity index (χ4n) is 1.89. The summed E-state index contributed by atoms with van der Waals surface area (Å²) in [6.07, 6.45) is 0.0907. The number of hydrogen-bond acceptors (Lipinski definition) is 5. The summed E-state index contributed by atoms with van der Waals surface area (Å²) in [6.45, 7) is 0.385. The van der Waals surface area contributed by atoms with Crippen molar-refractivity contribution in [3.63, 3.8) is 0 Å². The van der Waals surface area contributed by atoms with E-state index in [0.717, 1.165) is 0 Å². The van der Waals surface area contributed by atoms with E-state index >= 15 is 0 Å². The van der Waals surface area contributed by atoms with E-state index in [4.69, 9.17) is 11.6 Å². The van der Waals surface area contributed by atoms with E-state index in [1.165, 1.54) is 0 Å².